The summed E-state index contributed by atoms with van der Waals surface area (Å²) in [5.74, 6) is -1.23. The van der Waals surface area contributed by atoms with Crippen molar-refractivity contribution in [1.82, 2.24) is 14.7 Å². The van der Waals surface area contributed by atoms with E-state index < -0.39 is 26.9 Å². The second kappa shape index (κ2) is 10.2. The first-order valence-corrected chi connectivity index (χ1v) is 15.2. The van der Waals surface area contributed by atoms with Crippen LogP contribution < -0.4 is 5.32 Å². The zero-order chi connectivity index (χ0) is 29.8. The number of benzene rings is 3. The Morgan fingerprint density at radius 2 is 1.79 bits per heavy atom. The molecular weight excluding hydrogens is 562 g/mol. The number of carbonyl (C=O) groups excluding carboxylic acids is 1. The number of carbonyl (C=O) groups is 1. The van der Waals surface area contributed by atoms with Crippen LogP contribution in [0.15, 0.2) is 70.2 Å². The molecule has 0 atom stereocenters. The van der Waals surface area contributed by atoms with E-state index in [0.29, 0.717) is 11.5 Å². The van der Waals surface area contributed by atoms with E-state index in [2.05, 4.69) is 15.5 Å². The molecule has 1 N–H and O–H groups in total. The predicted octanol–water partition coefficient (Wildman–Crippen LogP) is 6.10. The molecule has 0 bridgehead atoms. The summed E-state index contributed by atoms with van der Waals surface area (Å²) in [6.45, 7) is 5.58. The average Bonchev–Trinajstić information content (AvgIpc) is 3.38. The van der Waals surface area contributed by atoms with Gasteiger partial charge in [0, 0.05) is 28.9 Å². The van der Waals surface area contributed by atoms with E-state index in [1.807, 2.05) is 26.0 Å². The molecule has 0 aliphatic heterocycles. The van der Waals surface area contributed by atoms with E-state index in [1.165, 1.54) is 6.07 Å². The number of hydrogen-bond donors (Lipinski definition) is 1. The number of aryl methyl sites for hydroxylation is 2. The molecule has 42 heavy (non-hydrogen) atoms. The minimum Gasteiger partial charge on any atom is -0.338 e. The number of sulfone groups is 1. The highest BCUT2D eigenvalue weighted by Gasteiger charge is 2.51. The van der Waals surface area contributed by atoms with E-state index in [1.54, 1.807) is 42.0 Å². The van der Waals surface area contributed by atoms with Crippen molar-refractivity contribution in [2.75, 3.05) is 11.1 Å². The van der Waals surface area contributed by atoms with Crippen molar-refractivity contribution in [2.45, 2.75) is 50.5 Å². The number of nitrogens with zero attached hydrogens (tertiary/aromatic N) is 3. The van der Waals surface area contributed by atoms with Crippen LogP contribution in [0.1, 0.15) is 42.3 Å². The highest BCUT2D eigenvalue weighted by atomic mass is 32.2. The van der Waals surface area contributed by atoms with Gasteiger partial charge in [-0.2, -0.15) is 4.98 Å². The van der Waals surface area contributed by atoms with Crippen LogP contribution >= 0.6 is 0 Å². The first-order valence-electron chi connectivity index (χ1n) is 13.5. The molecule has 0 saturated heterocycles. The second-order valence-corrected chi connectivity index (χ2v) is 13.0. The molecule has 1 amide bonds. The van der Waals surface area contributed by atoms with Crippen LogP contribution in [0.4, 0.5) is 14.5 Å². The molecule has 0 unspecified atom stereocenters. The molecule has 2 heterocycles. The molecule has 6 rings (SSSR count). The fraction of sp³-hybridized carbons (Fsp3) is 0.258. The number of aromatic nitrogens is 3. The zero-order valence-corrected chi connectivity index (χ0v) is 24.1. The second-order valence-electron chi connectivity index (χ2n) is 10.7. The minimum absolute atomic E-state index is 0.00582. The molecule has 1 aliphatic carbocycles. The number of fused-ring (bicyclic) bond motifs is 1. The third-order valence-electron chi connectivity index (χ3n) is 7.86. The van der Waals surface area contributed by atoms with Gasteiger partial charge >= 0.3 is 0 Å². The Balaban J connectivity index is 1.21. The Kier molecular flexibility index (Phi) is 6.72. The third-order valence-corrected chi connectivity index (χ3v) is 9.59. The van der Waals surface area contributed by atoms with Gasteiger partial charge in [0.25, 0.3) is 5.89 Å². The molecule has 3 aromatic carbocycles. The molecule has 1 saturated carbocycles. The minimum atomic E-state index is -3.32. The average molecular weight is 591 g/mol. The van der Waals surface area contributed by atoms with Gasteiger partial charge in [0.15, 0.2) is 15.7 Å². The monoisotopic (exact) mass is 590 g/mol. The van der Waals surface area contributed by atoms with Crippen LogP contribution in [0, 0.1) is 25.5 Å². The van der Waals surface area contributed by atoms with Gasteiger partial charge in [-0.15, -0.1) is 0 Å². The number of halogens is 2. The first kappa shape index (κ1) is 27.8. The van der Waals surface area contributed by atoms with Crippen molar-refractivity contribution >= 4 is 32.3 Å². The standard InChI is InChI=1S/C31H28F2N4O4S/c1-4-42(39,40)23-6-8-26-20(15-23)9-12-37(26)17-27(38)34-22-13-18(2)28(19(3)14-22)31(10-11-31)30-35-29(41-36-30)24-7-5-21(32)16-25(24)33/h5-9,12-16H,4,10-11,17H2,1-3H3,(H,34,38). The van der Waals surface area contributed by atoms with Crippen LogP contribution in [0.2, 0.25) is 0 Å². The molecule has 8 nitrogen and oxygen atoms in total. The Morgan fingerprint density at radius 3 is 2.45 bits per heavy atom. The number of rotatable bonds is 8. The Hall–Kier alpha value is -4.38. The fourth-order valence-electron chi connectivity index (χ4n) is 5.72. The van der Waals surface area contributed by atoms with Gasteiger partial charge in [-0.1, -0.05) is 12.1 Å². The SMILES string of the molecule is CCS(=O)(=O)c1ccc2c(ccn2CC(=O)Nc2cc(C)c(C3(c4noc(-c5ccc(F)cc5F)n4)CC3)c(C)c2)c1. The summed E-state index contributed by atoms with van der Waals surface area (Å²) in [6.07, 6.45) is 3.33. The predicted molar refractivity (Wildman–Crippen MR) is 154 cm³/mol. The highest BCUT2D eigenvalue weighted by molar-refractivity contribution is 7.91. The van der Waals surface area contributed by atoms with Gasteiger partial charge in [0.1, 0.15) is 18.2 Å². The maximum atomic E-state index is 14.3. The largest absolute Gasteiger partial charge is 0.338 e. The van der Waals surface area contributed by atoms with Crippen molar-refractivity contribution < 1.29 is 26.5 Å². The molecule has 0 radical (unpaired) electrons. The Morgan fingerprint density at radius 1 is 1.05 bits per heavy atom. The summed E-state index contributed by atoms with van der Waals surface area (Å²) < 4.78 is 59.3. The van der Waals surface area contributed by atoms with Crippen LogP contribution in [-0.4, -0.2) is 34.8 Å². The van der Waals surface area contributed by atoms with E-state index in [0.717, 1.165) is 52.6 Å². The lowest BCUT2D eigenvalue weighted by atomic mass is 9.87. The lowest BCUT2D eigenvalue weighted by molar-refractivity contribution is -0.116. The van der Waals surface area contributed by atoms with Gasteiger partial charge in [0.05, 0.1) is 21.6 Å². The van der Waals surface area contributed by atoms with Gasteiger partial charge < -0.3 is 14.4 Å². The smallest absolute Gasteiger partial charge is 0.260 e. The van der Waals surface area contributed by atoms with Crippen LogP contribution in [0.3, 0.4) is 0 Å². The number of nitrogens with one attached hydrogen (secondary N) is 1. The van der Waals surface area contributed by atoms with Gasteiger partial charge in [0.2, 0.25) is 5.91 Å². The Bertz CT molecular complexity index is 1950. The summed E-state index contributed by atoms with van der Waals surface area (Å²) in [5.41, 5.74) is 3.88. The van der Waals surface area contributed by atoms with Crippen molar-refractivity contribution in [1.29, 1.82) is 0 Å². The summed E-state index contributed by atoms with van der Waals surface area (Å²) >= 11 is 0. The van der Waals surface area contributed by atoms with Crippen molar-refractivity contribution in [3.05, 3.63) is 94.9 Å². The number of anilines is 1. The van der Waals surface area contributed by atoms with Crippen LogP contribution in [0.25, 0.3) is 22.4 Å². The summed E-state index contributed by atoms with van der Waals surface area (Å²) in [5, 5.41) is 7.87. The van der Waals surface area contributed by atoms with E-state index in [-0.39, 0.29) is 34.6 Å². The maximum Gasteiger partial charge on any atom is 0.260 e. The normalized spacial score (nSPS) is 14.3. The molecule has 5 aromatic rings. The van der Waals surface area contributed by atoms with Crippen molar-refractivity contribution in [3.8, 4) is 11.5 Å². The van der Waals surface area contributed by atoms with Gasteiger partial charge in [-0.3, -0.25) is 4.79 Å². The number of hydrogen-bond acceptors (Lipinski definition) is 6. The van der Waals surface area contributed by atoms with Gasteiger partial charge in [-0.05, 0) is 91.9 Å². The molecule has 216 valence electrons. The van der Waals surface area contributed by atoms with Gasteiger partial charge in [-0.25, -0.2) is 17.2 Å². The fourth-order valence-corrected chi connectivity index (χ4v) is 6.64. The van der Waals surface area contributed by atoms with Crippen molar-refractivity contribution in [3.63, 3.8) is 0 Å². The molecule has 0 spiro atoms. The topological polar surface area (TPSA) is 107 Å². The van der Waals surface area contributed by atoms with Crippen molar-refractivity contribution in [2.24, 2.45) is 0 Å². The van der Waals surface area contributed by atoms with E-state index in [4.69, 9.17) is 4.52 Å². The quantitative estimate of drug-likeness (QED) is 0.234. The molecule has 11 heteroatoms. The third kappa shape index (κ3) is 4.87. The summed E-state index contributed by atoms with van der Waals surface area (Å²) in [4.78, 5) is 17.7. The zero-order valence-electron chi connectivity index (χ0n) is 23.2. The molecule has 2 aromatic heterocycles. The lowest BCUT2D eigenvalue weighted by Gasteiger charge is -2.19. The van der Waals surface area contributed by atoms with E-state index >= 15 is 0 Å². The summed E-state index contributed by atoms with van der Waals surface area (Å²) in [6, 6.07) is 13.7. The van der Waals surface area contributed by atoms with Crippen LogP contribution in [0.5, 0.6) is 0 Å². The number of amides is 1. The lowest BCUT2D eigenvalue weighted by Crippen LogP contribution is -2.19. The maximum absolute atomic E-state index is 14.3. The molecule has 1 aliphatic rings. The first-order chi connectivity index (χ1) is 20.0. The molecule has 1 fully saturated rings. The summed E-state index contributed by atoms with van der Waals surface area (Å²) in [7, 11) is -3.32. The van der Waals surface area contributed by atoms with E-state index in [9.17, 15) is 22.0 Å². The van der Waals surface area contributed by atoms with Crippen LogP contribution in [-0.2, 0) is 26.6 Å². The molecular formula is C31H28F2N4O4S. The Labute approximate surface area is 241 Å². The highest BCUT2D eigenvalue weighted by Crippen LogP contribution is 2.55.